The lowest BCUT2D eigenvalue weighted by molar-refractivity contribution is 0.269. The Bertz CT molecular complexity index is 664. The van der Waals surface area contributed by atoms with E-state index in [9.17, 15) is 0 Å². The molecule has 2 aliphatic rings. The van der Waals surface area contributed by atoms with E-state index in [0.29, 0.717) is 5.41 Å². The maximum Gasteiger partial charge on any atom is 0.0758 e. The molecule has 1 unspecified atom stereocenters. The van der Waals surface area contributed by atoms with E-state index in [4.69, 9.17) is 0 Å². The first-order valence-corrected chi connectivity index (χ1v) is 8.50. The van der Waals surface area contributed by atoms with Crippen LogP contribution in [-0.2, 0) is 6.54 Å². The molecular formula is C17H20BrN3. The minimum Gasteiger partial charge on any atom is -0.316 e. The molecule has 110 valence electrons. The molecule has 1 atom stereocenters. The number of hydrogen-bond donors (Lipinski definition) is 1. The van der Waals surface area contributed by atoms with Crippen molar-refractivity contribution in [2.45, 2.75) is 19.4 Å². The third-order valence-corrected chi connectivity index (χ3v) is 5.73. The third-order valence-electron chi connectivity index (χ3n) is 5.04. The number of likely N-dealkylation sites (tertiary alicyclic amines) is 1. The molecule has 1 N–H and O–H groups in total. The minimum atomic E-state index is 0.540. The van der Waals surface area contributed by atoms with Gasteiger partial charge in [-0.15, -0.1) is 0 Å². The summed E-state index contributed by atoms with van der Waals surface area (Å²) >= 11 is 3.63. The van der Waals surface area contributed by atoms with Crippen LogP contribution >= 0.6 is 15.9 Å². The Hall–Kier alpha value is -0.970. The highest BCUT2D eigenvalue weighted by Gasteiger charge is 2.40. The van der Waals surface area contributed by atoms with Crippen molar-refractivity contribution in [2.75, 3.05) is 26.2 Å². The fourth-order valence-corrected chi connectivity index (χ4v) is 4.32. The third kappa shape index (κ3) is 2.50. The molecule has 0 radical (unpaired) electrons. The Labute approximate surface area is 133 Å². The van der Waals surface area contributed by atoms with Gasteiger partial charge >= 0.3 is 0 Å². The highest BCUT2D eigenvalue weighted by Crippen LogP contribution is 2.37. The Balaban J connectivity index is 1.59. The van der Waals surface area contributed by atoms with E-state index < -0.39 is 0 Å². The number of nitrogens with zero attached hydrogens (tertiary/aromatic N) is 2. The second-order valence-electron chi connectivity index (χ2n) is 6.49. The summed E-state index contributed by atoms with van der Waals surface area (Å²) in [5.41, 5.74) is 3.02. The number of halogens is 1. The van der Waals surface area contributed by atoms with Gasteiger partial charge < -0.3 is 5.32 Å². The number of pyridine rings is 1. The summed E-state index contributed by atoms with van der Waals surface area (Å²) in [4.78, 5) is 7.21. The van der Waals surface area contributed by atoms with E-state index in [2.05, 4.69) is 49.3 Å². The Morgan fingerprint density at radius 1 is 1.29 bits per heavy atom. The molecule has 0 saturated carbocycles. The number of fused-ring (bicyclic) bond motifs is 1. The second kappa shape index (κ2) is 5.34. The summed E-state index contributed by atoms with van der Waals surface area (Å²) in [6.45, 7) is 5.85. The maximum absolute atomic E-state index is 4.60. The predicted molar refractivity (Wildman–Crippen MR) is 89.3 cm³/mol. The fourth-order valence-electron chi connectivity index (χ4n) is 3.87. The van der Waals surface area contributed by atoms with Crippen LogP contribution in [0.2, 0.25) is 0 Å². The van der Waals surface area contributed by atoms with E-state index >= 15 is 0 Å². The standard InChI is InChI=1S/C17H20BrN3/c18-15-4-3-13(16-14(15)2-1-7-20-16)10-21-9-6-17(12-21)5-8-19-11-17/h1-4,7,19H,5-6,8-12H2. The highest BCUT2D eigenvalue weighted by molar-refractivity contribution is 9.10. The number of hydrogen-bond acceptors (Lipinski definition) is 3. The largest absolute Gasteiger partial charge is 0.316 e. The van der Waals surface area contributed by atoms with Crippen molar-refractivity contribution in [2.24, 2.45) is 5.41 Å². The lowest BCUT2D eigenvalue weighted by Crippen LogP contribution is -2.29. The lowest BCUT2D eigenvalue weighted by Gasteiger charge is -2.23. The van der Waals surface area contributed by atoms with Gasteiger partial charge in [-0.3, -0.25) is 9.88 Å². The van der Waals surface area contributed by atoms with Crippen molar-refractivity contribution in [1.82, 2.24) is 15.2 Å². The summed E-state index contributed by atoms with van der Waals surface area (Å²) in [5, 5.41) is 4.75. The van der Waals surface area contributed by atoms with Gasteiger partial charge in [0.2, 0.25) is 0 Å². The van der Waals surface area contributed by atoms with Gasteiger partial charge in [0.1, 0.15) is 0 Å². The molecule has 1 aromatic carbocycles. The molecule has 2 aromatic rings. The van der Waals surface area contributed by atoms with E-state index in [0.717, 1.165) is 16.5 Å². The molecule has 1 aromatic heterocycles. The molecule has 3 nitrogen and oxygen atoms in total. The van der Waals surface area contributed by atoms with Crippen LogP contribution in [0.15, 0.2) is 34.9 Å². The van der Waals surface area contributed by atoms with E-state index in [-0.39, 0.29) is 0 Å². The Morgan fingerprint density at radius 2 is 2.24 bits per heavy atom. The van der Waals surface area contributed by atoms with Gasteiger partial charge in [-0.25, -0.2) is 0 Å². The molecule has 1 spiro atoms. The Kier molecular flexibility index (Phi) is 3.48. The minimum absolute atomic E-state index is 0.540. The van der Waals surface area contributed by atoms with E-state index in [1.807, 2.05) is 12.3 Å². The maximum atomic E-state index is 4.60. The molecule has 2 saturated heterocycles. The van der Waals surface area contributed by atoms with Crippen molar-refractivity contribution < 1.29 is 0 Å². The van der Waals surface area contributed by atoms with Gasteiger partial charge in [0.15, 0.2) is 0 Å². The average molecular weight is 346 g/mol. The van der Waals surface area contributed by atoms with Crippen molar-refractivity contribution >= 4 is 26.8 Å². The van der Waals surface area contributed by atoms with Gasteiger partial charge in [-0.05, 0) is 49.0 Å². The quantitative estimate of drug-likeness (QED) is 0.905. The molecule has 0 bridgehead atoms. The van der Waals surface area contributed by atoms with E-state index in [1.165, 1.54) is 50.0 Å². The number of rotatable bonds is 2. The first kappa shape index (κ1) is 13.7. The second-order valence-corrected chi connectivity index (χ2v) is 7.35. The molecule has 0 amide bonds. The van der Waals surface area contributed by atoms with E-state index in [1.54, 1.807) is 0 Å². The molecule has 4 rings (SSSR count). The van der Waals surface area contributed by atoms with Crippen LogP contribution < -0.4 is 5.32 Å². The SMILES string of the molecule is Brc1ccc(CN2CCC3(CCNC3)C2)c2ncccc12. The van der Waals surface area contributed by atoms with Gasteiger partial charge in [0, 0.05) is 35.7 Å². The average Bonchev–Trinajstić information content (AvgIpc) is 3.13. The van der Waals surface area contributed by atoms with Crippen LogP contribution in [0.1, 0.15) is 18.4 Å². The monoisotopic (exact) mass is 345 g/mol. The number of aromatic nitrogens is 1. The zero-order valence-electron chi connectivity index (χ0n) is 12.1. The smallest absolute Gasteiger partial charge is 0.0758 e. The van der Waals surface area contributed by atoms with Crippen LogP contribution in [0.3, 0.4) is 0 Å². The number of nitrogens with one attached hydrogen (secondary N) is 1. The van der Waals surface area contributed by atoms with Gasteiger partial charge in [-0.2, -0.15) is 0 Å². The molecule has 3 heterocycles. The van der Waals surface area contributed by atoms with Crippen LogP contribution in [0.4, 0.5) is 0 Å². The molecule has 2 aliphatic heterocycles. The first-order valence-electron chi connectivity index (χ1n) is 7.71. The summed E-state index contributed by atoms with van der Waals surface area (Å²) in [6.07, 6.45) is 4.56. The topological polar surface area (TPSA) is 28.2 Å². The molecule has 4 heteroatoms. The number of benzene rings is 1. The van der Waals surface area contributed by atoms with Crippen molar-refractivity contribution in [1.29, 1.82) is 0 Å². The van der Waals surface area contributed by atoms with Crippen molar-refractivity contribution in [3.05, 3.63) is 40.5 Å². The van der Waals surface area contributed by atoms with Crippen LogP contribution in [0.25, 0.3) is 10.9 Å². The highest BCUT2D eigenvalue weighted by atomic mass is 79.9. The Morgan fingerprint density at radius 3 is 3.10 bits per heavy atom. The fraction of sp³-hybridized carbons (Fsp3) is 0.471. The molecule has 2 fully saturated rings. The van der Waals surface area contributed by atoms with Crippen LogP contribution in [0, 0.1) is 5.41 Å². The van der Waals surface area contributed by atoms with Gasteiger partial charge in [0.25, 0.3) is 0 Å². The summed E-state index contributed by atoms with van der Waals surface area (Å²) in [7, 11) is 0. The normalized spacial score (nSPS) is 26.1. The van der Waals surface area contributed by atoms with Crippen molar-refractivity contribution in [3.8, 4) is 0 Å². The van der Waals surface area contributed by atoms with Crippen LogP contribution in [-0.4, -0.2) is 36.1 Å². The lowest BCUT2D eigenvalue weighted by atomic mass is 9.86. The molecular weight excluding hydrogens is 326 g/mol. The zero-order chi connectivity index (χ0) is 14.3. The predicted octanol–water partition coefficient (Wildman–Crippen LogP) is 3.18. The first-order chi connectivity index (χ1) is 10.3. The summed E-state index contributed by atoms with van der Waals surface area (Å²) in [6, 6.07) is 8.52. The van der Waals surface area contributed by atoms with Crippen molar-refractivity contribution in [3.63, 3.8) is 0 Å². The summed E-state index contributed by atoms with van der Waals surface area (Å²) < 4.78 is 1.13. The van der Waals surface area contributed by atoms with Gasteiger partial charge in [-0.1, -0.05) is 28.1 Å². The zero-order valence-corrected chi connectivity index (χ0v) is 13.7. The molecule has 21 heavy (non-hydrogen) atoms. The van der Waals surface area contributed by atoms with Gasteiger partial charge in [0.05, 0.1) is 5.52 Å². The summed E-state index contributed by atoms with van der Waals surface area (Å²) in [5.74, 6) is 0. The molecule has 0 aliphatic carbocycles. The van der Waals surface area contributed by atoms with Crippen LogP contribution in [0.5, 0.6) is 0 Å².